The van der Waals surface area contributed by atoms with Crippen molar-refractivity contribution in [2.45, 2.75) is 58.0 Å². The van der Waals surface area contributed by atoms with E-state index in [-0.39, 0.29) is 30.9 Å². The first kappa shape index (κ1) is 15.0. The second-order valence-corrected chi connectivity index (χ2v) is 5.23. The smallest absolute Gasteiger partial charge is 0.234 e. The SMILES string of the molecule is CC(C)NC(=O)CNCC(=O)NC1CCCCC1. The zero-order valence-electron chi connectivity index (χ0n) is 11.4. The topological polar surface area (TPSA) is 70.2 Å². The van der Waals surface area contributed by atoms with Crippen LogP contribution in [0.5, 0.6) is 0 Å². The molecule has 0 spiro atoms. The Morgan fingerprint density at radius 1 is 1.06 bits per heavy atom. The van der Waals surface area contributed by atoms with Gasteiger partial charge in [-0.2, -0.15) is 0 Å². The summed E-state index contributed by atoms with van der Waals surface area (Å²) in [7, 11) is 0. The molecule has 1 fully saturated rings. The van der Waals surface area contributed by atoms with Crippen LogP contribution in [0.15, 0.2) is 0 Å². The van der Waals surface area contributed by atoms with Crippen molar-refractivity contribution in [2.24, 2.45) is 0 Å². The molecule has 0 bridgehead atoms. The monoisotopic (exact) mass is 255 g/mol. The first-order valence-corrected chi connectivity index (χ1v) is 6.87. The lowest BCUT2D eigenvalue weighted by atomic mass is 9.95. The van der Waals surface area contributed by atoms with E-state index in [4.69, 9.17) is 0 Å². The molecule has 104 valence electrons. The van der Waals surface area contributed by atoms with Gasteiger partial charge < -0.3 is 10.6 Å². The van der Waals surface area contributed by atoms with Crippen LogP contribution in [0.1, 0.15) is 46.0 Å². The summed E-state index contributed by atoms with van der Waals surface area (Å²) in [6.45, 7) is 4.22. The molecule has 0 aromatic carbocycles. The third-order valence-corrected chi connectivity index (χ3v) is 2.99. The summed E-state index contributed by atoms with van der Waals surface area (Å²) in [4.78, 5) is 22.9. The molecule has 5 heteroatoms. The summed E-state index contributed by atoms with van der Waals surface area (Å²) in [5.74, 6) is -0.0882. The standard InChI is InChI=1S/C13H25N3O2/c1-10(2)15-12(17)8-14-9-13(18)16-11-6-4-3-5-7-11/h10-11,14H,3-9H2,1-2H3,(H,15,17)(H,16,18). The number of carbonyl (C=O) groups is 2. The number of carbonyl (C=O) groups excluding carboxylic acids is 2. The third-order valence-electron chi connectivity index (χ3n) is 2.99. The first-order valence-electron chi connectivity index (χ1n) is 6.87. The van der Waals surface area contributed by atoms with Crippen LogP contribution in [0, 0.1) is 0 Å². The van der Waals surface area contributed by atoms with Gasteiger partial charge >= 0.3 is 0 Å². The Kier molecular flexibility index (Phi) is 6.72. The number of amides is 2. The van der Waals surface area contributed by atoms with Gasteiger partial charge in [-0.05, 0) is 26.7 Å². The van der Waals surface area contributed by atoms with Crippen LogP contribution >= 0.6 is 0 Å². The van der Waals surface area contributed by atoms with E-state index in [1.165, 1.54) is 19.3 Å². The predicted octanol–water partition coefficient (Wildman–Crippen LogP) is 0.550. The van der Waals surface area contributed by atoms with Crippen LogP contribution in [-0.2, 0) is 9.59 Å². The van der Waals surface area contributed by atoms with E-state index in [9.17, 15) is 9.59 Å². The lowest BCUT2D eigenvalue weighted by Crippen LogP contribution is -2.44. The quantitative estimate of drug-likeness (QED) is 0.649. The molecule has 1 rings (SSSR count). The first-order chi connectivity index (χ1) is 8.58. The average molecular weight is 255 g/mol. The lowest BCUT2D eigenvalue weighted by Gasteiger charge is -2.22. The molecule has 2 amide bonds. The van der Waals surface area contributed by atoms with Crippen molar-refractivity contribution >= 4 is 11.8 Å². The molecule has 1 aliphatic carbocycles. The maximum atomic E-state index is 11.6. The number of hydrogen-bond donors (Lipinski definition) is 3. The van der Waals surface area contributed by atoms with Crippen molar-refractivity contribution in [1.29, 1.82) is 0 Å². The van der Waals surface area contributed by atoms with Gasteiger partial charge in [0.25, 0.3) is 0 Å². The maximum absolute atomic E-state index is 11.6. The molecule has 3 N–H and O–H groups in total. The molecule has 0 radical (unpaired) electrons. The summed E-state index contributed by atoms with van der Waals surface area (Å²) in [5.41, 5.74) is 0. The van der Waals surface area contributed by atoms with Crippen molar-refractivity contribution < 1.29 is 9.59 Å². The Bertz CT molecular complexity index is 273. The van der Waals surface area contributed by atoms with Crippen molar-refractivity contribution in [3.63, 3.8) is 0 Å². The summed E-state index contributed by atoms with van der Waals surface area (Å²) < 4.78 is 0. The minimum absolute atomic E-state index is 0.0146. The van der Waals surface area contributed by atoms with E-state index in [1.807, 2.05) is 13.8 Å². The summed E-state index contributed by atoms with van der Waals surface area (Å²) >= 11 is 0. The number of hydrogen-bond acceptors (Lipinski definition) is 3. The van der Waals surface area contributed by atoms with Gasteiger partial charge in [-0.25, -0.2) is 0 Å². The molecule has 0 unspecified atom stereocenters. The van der Waals surface area contributed by atoms with Gasteiger partial charge in [0.15, 0.2) is 0 Å². The average Bonchev–Trinajstić information content (AvgIpc) is 2.29. The van der Waals surface area contributed by atoms with Gasteiger partial charge in [0.2, 0.25) is 11.8 Å². The molecule has 18 heavy (non-hydrogen) atoms. The van der Waals surface area contributed by atoms with E-state index in [1.54, 1.807) is 0 Å². The van der Waals surface area contributed by atoms with Crippen LogP contribution in [0.4, 0.5) is 0 Å². The molecule has 0 aliphatic heterocycles. The molecule has 0 aromatic heterocycles. The highest BCUT2D eigenvalue weighted by Crippen LogP contribution is 2.16. The maximum Gasteiger partial charge on any atom is 0.234 e. The Balaban J connectivity index is 2.07. The summed E-state index contributed by atoms with van der Waals surface area (Å²) in [5, 5.41) is 8.62. The Morgan fingerprint density at radius 2 is 1.67 bits per heavy atom. The fourth-order valence-corrected chi connectivity index (χ4v) is 2.19. The molecular weight excluding hydrogens is 230 g/mol. The van der Waals surface area contributed by atoms with Gasteiger partial charge in [0, 0.05) is 12.1 Å². The van der Waals surface area contributed by atoms with Crippen LogP contribution in [0.2, 0.25) is 0 Å². The zero-order valence-corrected chi connectivity index (χ0v) is 11.4. The number of rotatable bonds is 6. The minimum atomic E-state index is -0.0736. The zero-order chi connectivity index (χ0) is 13.4. The van der Waals surface area contributed by atoms with Gasteiger partial charge in [-0.15, -0.1) is 0 Å². The van der Waals surface area contributed by atoms with E-state index >= 15 is 0 Å². The van der Waals surface area contributed by atoms with Crippen molar-refractivity contribution in [2.75, 3.05) is 13.1 Å². The van der Waals surface area contributed by atoms with Crippen LogP contribution < -0.4 is 16.0 Å². The Labute approximate surface area is 109 Å². The largest absolute Gasteiger partial charge is 0.353 e. The molecule has 0 heterocycles. The third kappa shape index (κ3) is 6.59. The van der Waals surface area contributed by atoms with Crippen LogP contribution in [0.25, 0.3) is 0 Å². The fraction of sp³-hybridized carbons (Fsp3) is 0.846. The Hall–Kier alpha value is -1.10. The normalized spacial score (nSPS) is 16.6. The molecule has 1 saturated carbocycles. The second-order valence-electron chi connectivity index (χ2n) is 5.23. The Morgan fingerprint density at radius 3 is 2.28 bits per heavy atom. The second kappa shape index (κ2) is 8.08. The van der Waals surface area contributed by atoms with Gasteiger partial charge in [-0.3, -0.25) is 14.9 Å². The van der Waals surface area contributed by atoms with Gasteiger partial charge in [0.1, 0.15) is 0 Å². The van der Waals surface area contributed by atoms with Crippen molar-refractivity contribution in [3.05, 3.63) is 0 Å². The fourth-order valence-electron chi connectivity index (χ4n) is 2.19. The van der Waals surface area contributed by atoms with Crippen molar-refractivity contribution in [1.82, 2.24) is 16.0 Å². The van der Waals surface area contributed by atoms with E-state index in [0.717, 1.165) is 12.8 Å². The number of nitrogens with one attached hydrogen (secondary N) is 3. The predicted molar refractivity (Wildman–Crippen MR) is 71.2 cm³/mol. The van der Waals surface area contributed by atoms with Crippen LogP contribution in [-0.4, -0.2) is 37.0 Å². The minimum Gasteiger partial charge on any atom is -0.353 e. The summed E-state index contributed by atoms with van der Waals surface area (Å²) in [6.07, 6.45) is 5.85. The van der Waals surface area contributed by atoms with Crippen LogP contribution in [0.3, 0.4) is 0 Å². The highest BCUT2D eigenvalue weighted by molar-refractivity contribution is 5.81. The highest BCUT2D eigenvalue weighted by Gasteiger charge is 2.15. The molecular formula is C13H25N3O2. The highest BCUT2D eigenvalue weighted by atomic mass is 16.2. The van der Waals surface area contributed by atoms with E-state index < -0.39 is 0 Å². The van der Waals surface area contributed by atoms with Crippen molar-refractivity contribution in [3.8, 4) is 0 Å². The van der Waals surface area contributed by atoms with E-state index in [0.29, 0.717) is 6.04 Å². The lowest BCUT2D eigenvalue weighted by molar-refractivity contribution is -0.122. The van der Waals surface area contributed by atoms with E-state index in [2.05, 4.69) is 16.0 Å². The van der Waals surface area contributed by atoms with Gasteiger partial charge in [-0.1, -0.05) is 19.3 Å². The molecule has 0 saturated heterocycles. The summed E-state index contributed by atoms with van der Waals surface area (Å²) in [6, 6.07) is 0.466. The molecule has 5 nitrogen and oxygen atoms in total. The molecule has 0 aromatic rings. The molecule has 1 aliphatic rings. The van der Waals surface area contributed by atoms with Gasteiger partial charge in [0.05, 0.1) is 13.1 Å². The molecule has 0 atom stereocenters.